The van der Waals surface area contributed by atoms with E-state index in [2.05, 4.69) is 12.6 Å². The van der Waals surface area contributed by atoms with Crippen molar-refractivity contribution in [1.82, 2.24) is 0 Å². The molecule has 0 spiro atoms. The van der Waals surface area contributed by atoms with Crippen LogP contribution in [-0.2, 0) is 4.79 Å². The van der Waals surface area contributed by atoms with Crippen molar-refractivity contribution >= 4 is 24.7 Å². The van der Waals surface area contributed by atoms with E-state index in [0.717, 1.165) is 0 Å². The highest BCUT2D eigenvalue weighted by atomic mass is 32.1. The van der Waals surface area contributed by atoms with Crippen molar-refractivity contribution in [2.45, 2.75) is 0 Å². The van der Waals surface area contributed by atoms with E-state index in [-0.39, 0.29) is 10.7 Å². The number of ether oxygens (including phenoxy) is 1. The Morgan fingerprint density at radius 1 is 1.53 bits per heavy atom. The summed E-state index contributed by atoms with van der Waals surface area (Å²) in [5.74, 6) is -1.41. The molecule has 0 aliphatic rings. The molecular formula is C12H11FO3S. The fourth-order valence-corrected chi connectivity index (χ4v) is 1.19. The Hall–Kier alpha value is -1.75. The third-order valence-corrected chi connectivity index (χ3v) is 2.28. The van der Waals surface area contributed by atoms with Crippen LogP contribution >= 0.6 is 12.6 Å². The third-order valence-electron chi connectivity index (χ3n) is 1.94. The molecule has 0 fully saturated rings. The van der Waals surface area contributed by atoms with Crippen LogP contribution in [0.4, 0.5) is 4.39 Å². The fourth-order valence-electron chi connectivity index (χ4n) is 1.10. The molecule has 1 rings (SSSR count). The molecule has 0 heterocycles. The maximum absolute atomic E-state index is 13.1. The summed E-state index contributed by atoms with van der Waals surface area (Å²) in [7, 11) is 1.38. The van der Waals surface area contributed by atoms with Crippen LogP contribution in [-0.4, -0.2) is 18.2 Å². The molecule has 17 heavy (non-hydrogen) atoms. The second-order valence-electron chi connectivity index (χ2n) is 3.11. The number of allylic oxidation sites excluding steroid dienone is 2. The molecule has 3 nitrogen and oxygen atoms in total. The molecule has 0 aliphatic carbocycles. The smallest absolute Gasteiger partial charge is 0.341 e. The average Bonchev–Trinajstić information content (AvgIpc) is 2.31. The molecule has 0 aromatic heterocycles. The second kappa shape index (κ2) is 6.10. The van der Waals surface area contributed by atoms with E-state index in [1.54, 1.807) is 12.1 Å². The van der Waals surface area contributed by atoms with Crippen molar-refractivity contribution in [2.75, 3.05) is 7.11 Å². The van der Waals surface area contributed by atoms with Gasteiger partial charge in [0.1, 0.15) is 0 Å². The predicted octanol–water partition coefficient (Wildman–Crippen LogP) is 2.75. The number of carboxylic acids is 1. The van der Waals surface area contributed by atoms with Crippen LogP contribution < -0.4 is 4.74 Å². The van der Waals surface area contributed by atoms with Crippen LogP contribution in [0.1, 0.15) is 5.56 Å². The molecule has 1 aromatic rings. The number of halogens is 1. The van der Waals surface area contributed by atoms with Gasteiger partial charge in [-0.1, -0.05) is 18.2 Å². The Labute approximate surface area is 104 Å². The van der Waals surface area contributed by atoms with Crippen molar-refractivity contribution in [3.63, 3.8) is 0 Å². The summed E-state index contributed by atoms with van der Waals surface area (Å²) in [5, 5.41) is 8.55. The minimum absolute atomic E-state index is 0.0738. The van der Waals surface area contributed by atoms with Crippen molar-refractivity contribution in [3.8, 4) is 5.75 Å². The van der Waals surface area contributed by atoms with E-state index in [1.807, 2.05) is 0 Å². The van der Waals surface area contributed by atoms with Gasteiger partial charge in [-0.15, -0.1) is 12.6 Å². The Balaban J connectivity index is 2.85. The Morgan fingerprint density at radius 2 is 2.24 bits per heavy atom. The zero-order chi connectivity index (χ0) is 12.8. The standard InChI is InChI=1S/C12H11FO3S/c1-16-10-7-8(5-6-9(10)13)3-2-4-11(17)12(14)15/h2-7,17H,1H3,(H,14,15)/b3-2+,11-4-. The summed E-state index contributed by atoms with van der Waals surface area (Å²) in [5.41, 5.74) is 0.700. The number of methoxy groups -OCH3 is 1. The number of rotatable bonds is 4. The molecule has 5 heteroatoms. The quantitative estimate of drug-likeness (QED) is 0.493. The zero-order valence-corrected chi connectivity index (χ0v) is 9.95. The summed E-state index contributed by atoms with van der Waals surface area (Å²) in [4.78, 5) is 10.4. The van der Waals surface area contributed by atoms with Crippen LogP contribution in [0.15, 0.2) is 35.3 Å². The highest BCUT2D eigenvalue weighted by Crippen LogP contribution is 2.19. The highest BCUT2D eigenvalue weighted by molar-refractivity contribution is 7.85. The molecule has 0 unspecified atom stereocenters. The van der Waals surface area contributed by atoms with Gasteiger partial charge in [0.25, 0.3) is 0 Å². The van der Waals surface area contributed by atoms with E-state index in [4.69, 9.17) is 9.84 Å². The zero-order valence-electron chi connectivity index (χ0n) is 9.05. The number of aliphatic carboxylic acids is 1. The van der Waals surface area contributed by atoms with Crippen molar-refractivity contribution in [2.24, 2.45) is 0 Å². The molecule has 90 valence electrons. The van der Waals surface area contributed by atoms with E-state index in [9.17, 15) is 9.18 Å². The Bertz CT molecular complexity index is 481. The molecule has 0 aliphatic heterocycles. The lowest BCUT2D eigenvalue weighted by molar-refractivity contribution is -0.131. The number of benzene rings is 1. The van der Waals surface area contributed by atoms with E-state index < -0.39 is 11.8 Å². The van der Waals surface area contributed by atoms with E-state index in [0.29, 0.717) is 5.56 Å². The molecule has 0 saturated heterocycles. The van der Waals surface area contributed by atoms with Gasteiger partial charge in [0.05, 0.1) is 12.0 Å². The van der Waals surface area contributed by atoms with Gasteiger partial charge in [-0.25, -0.2) is 9.18 Å². The first-order valence-corrected chi connectivity index (χ1v) is 5.13. The van der Waals surface area contributed by atoms with Crippen molar-refractivity contribution < 1.29 is 19.0 Å². The summed E-state index contributed by atoms with van der Waals surface area (Å²) in [6.45, 7) is 0. The summed E-state index contributed by atoms with van der Waals surface area (Å²) in [6.07, 6.45) is 4.48. The normalized spacial score (nSPS) is 11.8. The maximum atomic E-state index is 13.1. The van der Waals surface area contributed by atoms with Crippen LogP contribution in [0.2, 0.25) is 0 Å². The van der Waals surface area contributed by atoms with Gasteiger partial charge in [0, 0.05) is 0 Å². The molecular weight excluding hydrogens is 243 g/mol. The average molecular weight is 254 g/mol. The first kappa shape index (κ1) is 13.3. The molecule has 1 N–H and O–H groups in total. The molecule has 0 radical (unpaired) electrons. The fraction of sp³-hybridized carbons (Fsp3) is 0.0833. The van der Waals surface area contributed by atoms with Crippen molar-refractivity contribution in [1.29, 1.82) is 0 Å². The molecule has 1 aromatic carbocycles. The van der Waals surface area contributed by atoms with Gasteiger partial charge in [-0.05, 0) is 23.8 Å². The highest BCUT2D eigenvalue weighted by Gasteiger charge is 2.01. The first-order chi connectivity index (χ1) is 8.04. The predicted molar refractivity (Wildman–Crippen MR) is 66.7 cm³/mol. The lowest BCUT2D eigenvalue weighted by Crippen LogP contribution is -1.92. The van der Waals surface area contributed by atoms with Crippen LogP contribution in [0.5, 0.6) is 5.75 Å². The van der Waals surface area contributed by atoms with Gasteiger partial charge in [-0.3, -0.25) is 0 Å². The van der Waals surface area contributed by atoms with Crippen LogP contribution in [0.25, 0.3) is 6.08 Å². The minimum atomic E-state index is -1.10. The molecule has 0 amide bonds. The monoisotopic (exact) mass is 254 g/mol. The van der Waals surface area contributed by atoms with E-state index >= 15 is 0 Å². The number of carbonyl (C=O) groups is 1. The van der Waals surface area contributed by atoms with Gasteiger partial charge in [0.15, 0.2) is 11.6 Å². The summed E-state index contributed by atoms with van der Waals surface area (Å²) < 4.78 is 17.9. The SMILES string of the molecule is COc1cc(/C=C/C=C(\S)C(=O)O)ccc1F. The minimum Gasteiger partial charge on any atom is -0.494 e. The van der Waals surface area contributed by atoms with Gasteiger partial charge >= 0.3 is 5.97 Å². The largest absolute Gasteiger partial charge is 0.494 e. The lowest BCUT2D eigenvalue weighted by atomic mass is 10.2. The summed E-state index contributed by atoms with van der Waals surface area (Å²) in [6, 6.07) is 4.35. The number of hydrogen-bond donors (Lipinski definition) is 2. The Morgan fingerprint density at radius 3 is 2.82 bits per heavy atom. The van der Waals surface area contributed by atoms with Crippen LogP contribution in [0.3, 0.4) is 0 Å². The molecule has 0 atom stereocenters. The number of carboxylic acid groups (broad SMARTS) is 1. The third kappa shape index (κ3) is 3.96. The van der Waals surface area contributed by atoms with Crippen molar-refractivity contribution in [3.05, 3.63) is 46.6 Å². The summed E-state index contributed by atoms with van der Waals surface area (Å²) >= 11 is 3.75. The first-order valence-electron chi connectivity index (χ1n) is 4.68. The Kier molecular flexibility index (Phi) is 4.78. The topological polar surface area (TPSA) is 46.5 Å². The molecule has 0 saturated carbocycles. The molecule has 0 bridgehead atoms. The second-order valence-corrected chi connectivity index (χ2v) is 3.59. The number of hydrogen-bond acceptors (Lipinski definition) is 3. The maximum Gasteiger partial charge on any atom is 0.341 e. The van der Waals surface area contributed by atoms with Crippen LogP contribution in [0, 0.1) is 5.82 Å². The van der Waals surface area contributed by atoms with Gasteiger partial charge < -0.3 is 9.84 Å². The number of thiol groups is 1. The van der Waals surface area contributed by atoms with Gasteiger partial charge in [0.2, 0.25) is 0 Å². The van der Waals surface area contributed by atoms with E-state index in [1.165, 1.54) is 31.4 Å². The van der Waals surface area contributed by atoms with Gasteiger partial charge in [-0.2, -0.15) is 0 Å². The lowest BCUT2D eigenvalue weighted by Gasteiger charge is -2.01.